The van der Waals surface area contributed by atoms with Gasteiger partial charge in [-0.15, -0.1) is 0 Å². The number of carbonyl (C=O) groups is 3. The number of rotatable bonds is 8. The van der Waals surface area contributed by atoms with Crippen molar-refractivity contribution in [2.45, 2.75) is 66.0 Å². The average Bonchev–Trinajstić information content (AvgIpc) is 2.47. The predicted octanol–water partition coefficient (Wildman–Crippen LogP) is 3.25. The van der Waals surface area contributed by atoms with E-state index in [2.05, 4.69) is 10.1 Å². The fourth-order valence-corrected chi connectivity index (χ4v) is 2.01. The summed E-state index contributed by atoms with van der Waals surface area (Å²) in [5, 5.41) is 2.55. The van der Waals surface area contributed by atoms with E-state index in [0.29, 0.717) is 0 Å². The first kappa shape index (κ1) is 22.1. The molecule has 0 aliphatic rings. The molecule has 3 atom stereocenters. The summed E-state index contributed by atoms with van der Waals surface area (Å²) in [4.78, 5) is 35.4. The molecular formula is C18H31NO5. The third-order valence-electron chi connectivity index (χ3n) is 3.71. The van der Waals surface area contributed by atoms with E-state index in [9.17, 15) is 14.4 Å². The number of ketones is 1. The maximum Gasteiger partial charge on any atom is 0.408 e. The third kappa shape index (κ3) is 9.33. The Kier molecular flexibility index (Phi) is 9.33. The number of allylic oxidation sites excluding steroid dienone is 1. The molecule has 0 saturated heterocycles. The number of alkyl carbamates (subject to hydrolysis) is 1. The fourth-order valence-electron chi connectivity index (χ4n) is 2.01. The van der Waals surface area contributed by atoms with E-state index in [1.54, 1.807) is 33.8 Å². The minimum Gasteiger partial charge on any atom is -0.466 e. The van der Waals surface area contributed by atoms with Crippen molar-refractivity contribution in [3.05, 3.63) is 12.2 Å². The summed E-state index contributed by atoms with van der Waals surface area (Å²) in [6.07, 6.45) is 3.54. The highest BCUT2D eigenvalue weighted by Crippen LogP contribution is 2.21. The highest BCUT2D eigenvalue weighted by Gasteiger charge is 2.24. The van der Waals surface area contributed by atoms with Crippen LogP contribution < -0.4 is 5.32 Å². The van der Waals surface area contributed by atoms with Crippen LogP contribution in [0.4, 0.5) is 4.79 Å². The van der Waals surface area contributed by atoms with E-state index in [1.165, 1.54) is 13.2 Å². The first-order valence-electron chi connectivity index (χ1n) is 8.28. The molecule has 0 heterocycles. The highest BCUT2D eigenvalue weighted by atomic mass is 16.6. The van der Waals surface area contributed by atoms with Crippen LogP contribution in [0.25, 0.3) is 0 Å². The second-order valence-corrected chi connectivity index (χ2v) is 6.97. The average molecular weight is 341 g/mol. The number of hydrogen-bond donors (Lipinski definition) is 1. The minimum absolute atomic E-state index is 0.0931. The van der Waals surface area contributed by atoms with Crippen LogP contribution >= 0.6 is 0 Å². The molecule has 0 unspecified atom stereocenters. The molecule has 138 valence electrons. The molecule has 0 aromatic rings. The molecule has 0 saturated carbocycles. The second kappa shape index (κ2) is 10.1. The van der Waals surface area contributed by atoms with E-state index in [0.717, 1.165) is 6.42 Å². The number of Topliss-reactive ketones (excluding diaryl/α,β-unsaturated/α-hetero) is 1. The summed E-state index contributed by atoms with van der Waals surface area (Å²) < 4.78 is 9.73. The molecule has 0 rings (SSSR count). The lowest BCUT2D eigenvalue weighted by Crippen LogP contribution is -2.42. The lowest BCUT2D eigenvalue weighted by molar-refractivity contribution is -0.135. The van der Waals surface area contributed by atoms with Gasteiger partial charge in [0.2, 0.25) is 0 Å². The SMILES string of the molecule is CC[C@H](C)[C@@H](/C=C/C(=O)OC)CC(=O)[C@H](C)NC(=O)OC(C)(C)C. The molecule has 0 aliphatic heterocycles. The van der Waals surface area contributed by atoms with Gasteiger partial charge in [-0.1, -0.05) is 26.3 Å². The van der Waals surface area contributed by atoms with Crippen molar-refractivity contribution in [3.63, 3.8) is 0 Å². The maximum atomic E-state index is 12.4. The molecule has 1 amide bonds. The summed E-state index contributed by atoms with van der Waals surface area (Å²) in [6, 6.07) is -0.655. The number of carbonyl (C=O) groups excluding carboxylic acids is 3. The van der Waals surface area contributed by atoms with Crippen LogP contribution in [-0.4, -0.2) is 36.6 Å². The van der Waals surface area contributed by atoms with Gasteiger partial charge in [0.05, 0.1) is 13.2 Å². The normalized spacial score (nSPS) is 15.5. The summed E-state index contributed by atoms with van der Waals surface area (Å²) in [7, 11) is 1.31. The molecule has 0 aromatic carbocycles. The Hall–Kier alpha value is -1.85. The van der Waals surface area contributed by atoms with Gasteiger partial charge in [-0.25, -0.2) is 9.59 Å². The van der Waals surface area contributed by atoms with E-state index in [1.807, 2.05) is 13.8 Å². The monoisotopic (exact) mass is 341 g/mol. The predicted molar refractivity (Wildman–Crippen MR) is 92.6 cm³/mol. The quantitative estimate of drug-likeness (QED) is 0.541. The van der Waals surface area contributed by atoms with Gasteiger partial charge < -0.3 is 14.8 Å². The highest BCUT2D eigenvalue weighted by molar-refractivity contribution is 5.87. The summed E-state index contributed by atoms with van der Waals surface area (Å²) in [5.41, 5.74) is -0.616. The number of amides is 1. The van der Waals surface area contributed by atoms with Crippen molar-refractivity contribution in [1.82, 2.24) is 5.32 Å². The zero-order valence-corrected chi connectivity index (χ0v) is 15.8. The molecule has 0 radical (unpaired) electrons. The van der Waals surface area contributed by atoms with Gasteiger partial charge in [0.1, 0.15) is 5.60 Å². The van der Waals surface area contributed by atoms with Crippen LogP contribution in [0.5, 0.6) is 0 Å². The molecular weight excluding hydrogens is 310 g/mol. The van der Waals surface area contributed by atoms with E-state index >= 15 is 0 Å². The molecule has 0 spiro atoms. The van der Waals surface area contributed by atoms with Crippen LogP contribution in [0.2, 0.25) is 0 Å². The number of nitrogens with one attached hydrogen (secondary N) is 1. The second-order valence-electron chi connectivity index (χ2n) is 6.97. The van der Waals surface area contributed by atoms with Gasteiger partial charge in [0, 0.05) is 12.5 Å². The molecule has 0 bridgehead atoms. The first-order valence-corrected chi connectivity index (χ1v) is 8.28. The molecule has 6 heteroatoms. The summed E-state index contributed by atoms with van der Waals surface area (Å²) >= 11 is 0. The molecule has 6 nitrogen and oxygen atoms in total. The van der Waals surface area contributed by atoms with Gasteiger partial charge in [0.25, 0.3) is 0 Å². The van der Waals surface area contributed by atoms with Gasteiger partial charge in [0.15, 0.2) is 5.78 Å². The summed E-state index contributed by atoms with van der Waals surface area (Å²) in [6.45, 7) is 11.0. The Bertz CT molecular complexity index is 465. The van der Waals surface area contributed by atoms with Gasteiger partial charge >= 0.3 is 12.1 Å². The number of esters is 1. The van der Waals surface area contributed by atoms with Crippen molar-refractivity contribution >= 4 is 17.8 Å². The number of methoxy groups -OCH3 is 1. The fraction of sp³-hybridized carbons (Fsp3) is 0.722. The Balaban J connectivity index is 4.77. The summed E-state index contributed by atoms with van der Waals surface area (Å²) in [5.74, 6) is -0.426. The smallest absolute Gasteiger partial charge is 0.408 e. The number of hydrogen-bond acceptors (Lipinski definition) is 5. The Morgan fingerprint density at radius 3 is 2.21 bits per heavy atom. The zero-order valence-electron chi connectivity index (χ0n) is 15.8. The Morgan fingerprint density at radius 2 is 1.75 bits per heavy atom. The van der Waals surface area contributed by atoms with Crippen molar-refractivity contribution in [2.75, 3.05) is 7.11 Å². The molecule has 0 aromatic heterocycles. The lowest BCUT2D eigenvalue weighted by atomic mass is 9.86. The number of ether oxygens (including phenoxy) is 2. The largest absolute Gasteiger partial charge is 0.466 e. The molecule has 24 heavy (non-hydrogen) atoms. The van der Waals surface area contributed by atoms with Crippen molar-refractivity contribution in [2.24, 2.45) is 11.8 Å². The molecule has 0 fully saturated rings. The van der Waals surface area contributed by atoms with Gasteiger partial charge in [-0.05, 0) is 39.5 Å². The van der Waals surface area contributed by atoms with E-state index in [4.69, 9.17) is 4.74 Å². The Morgan fingerprint density at radius 1 is 1.17 bits per heavy atom. The van der Waals surface area contributed by atoms with Crippen molar-refractivity contribution in [1.29, 1.82) is 0 Å². The zero-order chi connectivity index (χ0) is 18.9. The lowest BCUT2D eigenvalue weighted by Gasteiger charge is -2.23. The van der Waals surface area contributed by atoms with E-state index in [-0.39, 0.29) is 24.0 Å². The van der Waals surface area contributed by atoms with Crippen LogP contribution in [-0.2, 0) is 19.1 Å². The van der Waals surface area contributed by atoms with Crippen LogP contribution in [0.3, 0.4) is 0 Å². The van der Waals surface area contributed by atoms with Gasteiger partial charge in [-0.3, -0.25) is 4.79 Å². The molecule has 1 N–H and O–H groups in total. The van der Waals surface area contributed by atoms with E-state index < -0.39 is 23.7 Å². The van der Waals surface area contributed by atoms with Crippen LogP contribution in [0.15, 0.2) is 12.2 Å². The maximum absolute atomic E-state index is 12.4. The first-order chi connectivity index (χ1) is 11.0. The van der Waals surface area contributed by atoms with Crippen LogP contribution in [0.1, 0.15) is 54.4 Å². The Labute approximate surface area is 145 Å². The van der Waals surface area contributed by atoms with Crippen molar-refractivity contribution in [3.8, 4) is 0 Å². The standard InChI is InChI=1S/C18H31NO5/c1-8-12(2)14(9-10-16(21)23-7)11-15(20)13(3)19-17(22)24-18(4,5)6/h9-10,12-14H,8,11H2,1-7H3,(H,19,22)/b10-9+/t12-,13-,14-/m0/s1. The third-order valence-corrected chi connectivity index (χ3v) is 3.71. The molecule has 0 aliphatic carbocycles. The van der Waals surface area contributed by atoms with Crippen LogP contribution in [0, 0.1) is 11.8 Å². The van der Waals surface area contributed by atoms with Crippen molar-refractivity contribution < 1.29 is 23.9 Å². The van der Waals surface area contributed by atoms with Gasteiger partial charge in [-0.2, -0.15) is 0 Å². The minimum atomic E-state index is -0.655. The topological polar surface area (TPSA) is 81.7 Å².